The Labute approximate surface area is 106 Å². The second kappa shape index (κ2) is 7.00. The normalized spacial score (nSPS) is 22.0. The van der Waals surface area contributed by atoms with Gasteiger partial charge in [-0.15, -0.1) is 0 Å². The first-order valence-electron chi connectivity index (χ1n) is 7.12. The van der Waals surface area contributed by atoms with Gasteiger partial charge in [-0.25, -0.2) is 0 Å². The van der Waals surface area contributed by atoms with Gasteiger partial charge in [0.2, 0.25) is 5.91 Å². The predicted molar refractivity (Wildman–Crippen MR) is 71.9 cm³/mol. The van der Waals surface area contributed by atoms with Crippen molar-refractivity contribution in [3.05, 3.63) is 0 Å². The lowest BCUT2D eigenvalue weighted by molar-refractivity contribution is -0.136. The molecule has 0 aromatic heterocycles. The second-order valence-electron chi connectivity index (χ2n) is 5.46. The van der Waals surface area contributed by atoms with Crippen molar-refractivity contribution in [1.29, 1.82) is 0 Å². The first-order chi connectivity index (χ1) is 8.10. The number of hydrogen-bond acceptors (Lipinski definition) is 2. The van der Waals surface area contributed by atoms with Gasteiger partial charge in [-0.3, -0.25) is 4.79 Å². The van der Waals surface area contributed by atoms with Gasteiger partial charge in [-0.05, 0) is 31.7 Å². The van der Waals surface area contributed by atoms with E-state index in [2.05, 4.69) is 37.9 Å². The lowest BCUT2D eigenvalue weighted by atomic mass is 10.00. The molecule has 0 radical (unpaired) electrons. The van der Waals surface area contributed by atoms with Crippen molar-refractivity contribution in [2.45, 2.75) is 53.0 Å². The van der Waals surface area contributed by atoms with Crippen molar-refractivity contribution in [2.75, 3.05) is 19.6 Å². The zero-order chi connectivity index (χ0) is 12.8. The number of amides is 1. The maximum absolute atomic E-state index is 12.4. The third-order valence-corrected chi connectivity index (χ3v) is 3.88. The van der Waals surface area contributed by atoms with E-state index in [1.165, 1.54) is 0 Å². The highest BCUT2D eigenvalue weighted by Crippen LogP contribution is 2.15. The summed E-state index contributed by atoms with van der Waals surface area (Å²) >= 11 is 0. The quantitative estimate of drug-likeness (QED) is 0.817. The van der Waals surface area contributed by atoms with Crippen molar-refractivity contribution in [3.63, 3.8) is 0 Å². The van der Waals surface area contributed by atoms with Crippen molar-refractivity contribution < 1.29 is 4.79 Å². The molecule has 0 aliphatic carbocycles. The highest BCUT2D eigenvalue weighted by Gasteiger charge is 2.26. The first kappa shape index (κ1) is 14.5. The lowest BCUT2D eigenvalue weighted by Crippen LogP contribution is -2.45. The van der Waals surface area contributed by atoms with Crippen LogP contribution in [0, 0.1) is 11.8 Å². The standard InChI is InChI=1S/C14H28N2O/c1-5-12(6-2)14(17)16-9-7-8-15-13(10-16)11(3)4/h11-13,15H,5-10H2,1-4H3. The van der Waals surface area contributed by atoms with Crippen LogP contribution in [-0.4, -0.2) is 36.5 Å². The summed E-state index contributed by atoms with van der Waals surface area (Å²) in [6.45, 7) is 11.5. The van der Waals surface area contributed by atoms with E-state index < -0.39 is 0 Å². The highest BCUT2D eigenvalue weighted by atomic mass is 16.2. The van der Waals surface area contributed by atoms with Gasteiger partial charge in [0.1, 0.15) is 0 Å². The number of carbonyl (C=O) groups is 1. The molecule has 3 heteroatoms. The average molecular weight is 240 g/mol. The van der Waals surface area contributed by atoms with Gasteiger partial charge >= 0.3 is 0 Å². The average Bonchev–Trinajstić information content (AvgIpc) is 2.56. The molecular formula is C14H28N2O. The van der Waals surface area contributed by atoms with Crippen LogP contribution in [0.25, 0.3) is 0 Å². The largest absolute Gasteiger partial charge is 0.341 e. The van der Waals surface area contributed by atoms with Crippen molar-refractivity contribution in [2.24, 2.45) is 11.8 Å². The van der Waals surface area contributed by atoms with E-state index in [1.54, 1.807) is 0 Å². The maximum Gasteiger partial charge on any atom is 0.225 e. The highest BCUT2D eigenvalue weighted by molar-refractivity contribution is 5.78. The smallest absolute Gasteiger partial charge is 0.225 e. The summed E-state index contributed by atoms with van der Waals surface area (Å²) in [5.74, 6) is 1.18. The van der Waals surface area contributed by atoms with Crippen LogP contribution in [0.1, 0.15) is 47.0 Å². The maximum atomic E-state index is 12.4. The topological polar surface area (TPSA) is 32.3 Å². The molecule has 1 aliphatic rings. The van der Waals surface area contributed by atoms with Crippen LogP contribution in [0.3, 0.4) is 0 Å². The number of rotatable bonds is 4. The second-order valence-corrected chi connectivity index (χ2v) is 5.46. The van der Waals surface area contributed by atoms with E-state index in [1.807, 2.05) is 0 Å². The van der Waals surface area contributed by atoms with E-state index in [0.717, 1.165) is 38.9 Å². The molecular weight excluding hydrogens is 212 g/mol. The minimum atomic E-state index is 0.223. The predicted octanol–water partition coefficient (Wildman–Crippen LogP) is 2.27. The van der Waals surface area contributed by atoms with Gasteiger partial charge in [0, 0.05) is 25.0 Å². The van der Waals surface area contributed by atoms with E-state index >= 15 is 0 Å². The summed E-state index contributed by atoms with van der Waals surface area (Å²) in [5, 5.41) is 3.55. The molecule has 1 fully saturated rings. The Hall–Kier alpha value is -0.570. The van der Waals surface area contributed by atoms with Crippen molar-refractivity contribution in [3.8, 4) is 0 Å². The molecule has 17 heavy (non-hydrogen) atoms. The molecule has 1 saturated heterocycles. The summed E-state index contributed by atoms with van der Waals surface area (Å²) in [5.41, 5.74) is 0. The Morgan fingerprint density at radius 1 is 1.35 bits per heavy atom. The zero-order valence-electron chi connectivity index (χ0n) is 11.8. The number of hydrogen-bond donors (Lipinski definition) is 1. The van der Waals surface area contributed by atoms with Crippen LogP contribution in [-0.2, 0) is 4.79 Å². The molecule has 0 aromatic carbocycles. The van der Waals surface area contributed by atoms with Gasteiger partial charge < -0.3 is 10.2 Å². The molecule has 1 rings (SSSR count). The van der Waals surface area contributed by atoms with Gasteiger partial charge in [-0.1, -0.05) is 27.7 Å². The van der Waals surface area contributed by atoms with E-state index in [-0.39, 0.29) is 5.92 Å². The summed E-state index contributed by atoms with van der Waals surface area (Å²) < 4.78 is 0. The molecule has 0 saturated carbocycles. The molecule has 1 N–H and O–H groups in total. The first-order valence-corrected chi connectivity index (χ1v) is 7.12. The third kappa shape index (κ3) is 3.98. The van der Waals surface area contributed by atoms with Crippen molar-refractivity contribution in [1.82, 2.24) is 10.2 Å². The Balaban J connectivity index is 2.64. The van der Waals surface area contributed by atoms with Crippen LogP contribution in [0.2, 0.25) is 0 Å². The Bertz CT molecular complexity index is 236. The minimum absolute atomic E-state index is 0.223. The minimum Gasteiger partial charge on any atom is -0.341 e. The number of nitrogens with zero attached hydrogens (tertiary/aromatic N) is 1. The zero-order valence-corrected chi connectivity index (χ0v) is 11.8. The van der Waals surface area contributed by atoms with Crippen molar-refractivity contribution >= 4 is 5.91 Å². The Morgan fingerprint density at radius 3 is 2.53 bits per heavy atom. The molecule has 1 amide bonds. The monoisotopic (exact) mass is 240 g/mol. The van der Waals surface area contributed by atoms with Crippen LogP contribution in [0.4, 0.5) is 0 Å². The molecule has 1 heterocycles. The fraction of sp³-hybridized carbons (Fsp3) is 0.929. The van der Waals surface area contributed by atoms with E-state index in [9.17, 15) is 4.79 Å². The summed E-state index contributed by atoms with van der Waals surface area (Å²) in [4.78, 5) is 14.5. The Morgan fingerprint density at radius 2 is 2.00 bits per heavy atom. The third-order valence-electron chi connectivity index (χ3n) is 3.88. The Kier molecular flexibility index (Phi) is 5.96. The fourth-order valence-corrected chi connectivity index (χ4v) is 2.49. The lowest BCUT2D eigenvalue weighted by Gasteiger charge is -2.29. The summed E-state index contributed by atoms with van der Waals surface area (Å²) in [6, 6.07) is 0.454. The van der Waals surface area contributed by atoms with E-state index in [0.29, 0.717) is 17.9 Å². The molecule has 1 unspecified atom stereocenters. The van der Waals surface area contributed by atoms with Crippen LogP contribution in [0.15, 0.2) is 0 Å². The molecule has 0 aromatic rings. The number of nitrogens with one attached hydrogen (secondary N) is 1. The van der Waals surface area contributed by atoms with Gasteiger partial charge in [0.05, 0.1) is 0 Å². The van der Waals surface area contributed by atoms with Crippen LogP contribution < -0.4 is 5.32 Å². The van der Waals surface area contributed by atoms with Gasteiger partial charge in [0.15, 0.2) is 0 Å². The molecule has 0 bridgehead atoms. The van der Waals surface area contributed by atoms with E-state index in [4.69, 9.17) is 0 Å². The fourth-order valence-electron chi connectivity index (χ4n) is 2.49. The molecule has 1 atom stereocenters. The van der Waals surface area contributed by atoms with Crippen LogP contribution >= 0.6 is 0 Å². The molecule has 1 aliphatic heterocycles. The molecule has 100 valence electrons. The summed E-state index contributed by atoms with van der Waals surface area (Å²) in [7, 11) is 0. The van der Waals surface area contributed by atoms with Crippen LogP contribution in [0.5, 0.6) is 0 Å². The molecule has 0 spiro atoms. The van der Waals surface area contributed by atoms with Gasteiger partial charge in [-0.2, -0.15) is 0 Å². The van der Waals surface area contributed by atoms with Gasteiger partial charge in [0.25, 0.3) is 0 Å². The summed E-state index contributed by atoms with van der Waals surface area (Å²) in [6.07, 6.45) is 3.01. The number of carbonyl (C=O) groups excluding carboxylic acids is 1. The SMILES string of the molecule is CCC(CC)C(=O)N1CCCNC(C(C)C)C1. The molecule has 3 nitrogen and oxygen atoms in total.